The number of carbonyl (C=O) groups excluding carboxylic acids is 1. The van der Waals surface area contributed by atoms with Gasteiger partial charge in [-0.2, -0.15) is 0 Å². The third-order valence-electron chi connectivity index (χ3n) is 2.02. The monoisotopic (exact) mass is 390 g/mol. The third-order valence-corrected chi connectivity index (χ3v) is 4.62. The molecule has 0 aliphatic rings. The second-order valence-electron chi connectivity index (χ2n) is 3.33. The Morgan fingerprint density at radius 3 is 2.53 bits per heavy atom. The van der Waals surface area contributed by atoms with Gasteiger partial charge < -0.3 is 9.47 Å². The van der Waals surface area contributed by atoms with E-state index in [1.165, 1.54) is 13.2 Å². The van der Waals surface area contributed by atoms with Gasteiger partial charge in [-0.05, 0) is 28.1 Å². The molecule has 0 saturated heterocycles. The maximum atomic E-state index is 11.8. The van der Waals surface area contributed by atoms with Crippen molar-refractivity contribution in [2.75, 3.05) is 20.3 Å². The normalized spacial score (nSPS) is 11.4. The number of benzene rings is 1. The molecule has 0 atom stereocenters. The number of carbonyl (C=O) groups is 1. The molecule has 0 aromatic heterocycles. The van der Waals surface area contributed by atoms with E-state index >= 15 is 0 Å². The predicted molar refractivity (Wildman–Crippen MR) is 74.3 cm³/mol. The lowest BCUT2D eigenvalue weighted by Crippen LogP contribution is -2.11. The van der Waals surface area contributed by atoms with Gasteiger partial charge in [0.1, 0.15) is 6.61 Å². The Hall–Kier alpha value is -0.340. The molecule has 0 radical (unpaired) electrons. The first kappa shape index (κ1) is 16.7. The summed E-state index contributed by atoms with van der Waals surface area (Å²) in [5.74, 6) is -0.759. The fraction of sp³-hybridized carbons (Fsp3) is 0.300. The first-order valence-electron chi connectivity index (χ1n) is 4.87. The first-order valence-corrected chi connectivity index (χ1v) is 8.35. The second-order valence-corrected chi connectivity index (χ2v) is 7.13. The first-order chi connectivity index (χ1) is 8.77. The predicted octanol–water partition coefficient (Wildman–Crippen LogP) is 2.83. The molecule has 9 heteroatoms. The van der Waals surface area contributed by atoms with Crippen LogP contribution in [0, 0.1) is 0 Å². The van der Waals surface area contributed by atoms with Gasteiger partial charge in [-0.15, -0.1) is 0 Å². The summed E-state index contributed by atoms with van der Waals surface area (Å²) in [4.78, 5) is 11.5. The second kappa shape index (κ2) is 6.90. The average molecular weight is 392 g/mol. The number of rotatable bonds is 5. The van der Waals surface area contributed by atoms with Crippen LogP contribution >= 0.6 is 38.2 Å². The van der Waals surface area contributed by atoms with Crippen LogP contribution in [-0.2, 0) is 18.5 Å². The lowest BCUT2D eigenvalue weighted by Gasteiger charge is -2.08. The number of hydrogen-bond donors (Lipinski definition) is 0. The quantitative estimate of drug-likeness (QED) is 0.438. The number of esters is 1. The topological polar surface area (TPSA) is 69.7 Å². The van der Waals surface area contributed by atoms with Gasteiger partial charge >= 0.3 is 5.97 Å². The summed E-state index contributed by atoms with van der Waals surface area (Å²) in [7, 11) is 2.71. The van der Waals surface area contributed by atoms with E-state index in [0.29, 0.717) is 0 Å². The highest BCUT2D eigenvalue weighted by Crippen LogP contribution is 2.31. The molecule has 5 nitrogen and oxygen atoms in total. The van der Waals surface area contributed by atoms with Crippen molar-refractivity contribution in [1.29, 1.82) is 0 Å². The molecule has 0 aliphatic heterocycles. The Kier molecular flexibility index (Phi) is 6.07. The smallest absolute Gasteiger partial charge is 0.339 e. The minimum Gasteiger partial charge on any atom is -0.460 e. The zero-order valence-corrected chi connectivity index (χ0v) is 13.6. The minimum absolute atomic E-state index is 0.0289. The molecule has 0 amide bonds. The summed E-state index contributed by atoms with van der Waals surface area (Å²) in [5.41, 5.74) is -0.0913. The molecule has 0 N–H and O–H groups in total. The van der Waals surface area contributed by atoms with Crippen molar-refractivity contribution in [1.82, 2.24) is 0 Å². The van der Waals surface area contributed by atoms with Crippen LogP contribution in [0.25, 0.3) is 0 Å². The summed E-state index contributed by atoms with van der Waals surface area (Å²) in [5, 5.41) is 0.0477. The van der Waals surface area contributed by atoms with Gasteiger partial charge in [0.15, 0.2) is 0 Å². The zero-order chi connectivity index (χ0) is 14.6. The molecular weight excluding hydrogens is 383 g/mol. The Morgan fingerprint density at radius 2 is 2.00 bits per heavy atom. The molecular formula is C10H9BrCl2O5S. The van der Waals surface area contributed by atoms with E-state index in [4.69, 9.17) is 31.8 Å². The van der Waals surface area contributed by atoms with Gasteiger partial charge in [-0.3, -0.25) is 0 Å². The number of hydrogen-bond acceptors (Lipinski definition) is 5. The van der Waals surface area contributed by atoms with Gasteiger partial charge in [0, 0.05) is 22.3 Å². The fourth-order valence-electron chi connectivity index (χ4n) is 1.15. The van der Waals surface area contributed by atoms with Crippen molar-refractivity contribution in [2.24, 2.45) is 0 Å². The number of halogens is 3. The van der Waals surface area contributed by atoms with Crippen molar-refractivity contribution in [3.05, 3.63) is 27.2 Å². The Morgan fingerprint density at radius 1 is 1.37 bits per heavy atom. The molecule has 0 bridgehead atoms. The molecule has 106 valence electrons. The Labute approximate surface area is 128 Å². The number of methoxy groups -OCH3 is 1. The van der Waals surface area contributed by atoms with Crippen molar-refractivity contribution < 1.29 is 22.7 Å². The van der Waals surface area contributed by atoms with E-state index in [0.717, 1.165) is 6.07 Å². The summed E-state index contributed by atoms with van der Waals surface area (Å²) in [6.45, 7) is 0.249. The molecule has 1 rings (SSSR count). The highest BCUT2D eigenvalue weighted by atomic mass is 79.9. The van der Waals surface area contributed by atoms with Crippen molar-refractivity contribution in [3.8, 4) is 0 Å². The molecule has 19 heavy (non-hydrogen) atoms. The molecule has 0 fully saturated rings. The van der Waals surface area contributed by atoms with Crippen LogP contribution in [-0.4, -0.2) is 34.7 Å². The summed E-state index contributed by atoms with van der Waals surface area (Å²) in [6.07, 6.45) is 0. The van der Waals surface area contributed by atoms with Gasteiger partial charge in [0.2, 0.25) is 0 Å². The largest absolute Gasteiger partial charge is 0.460 e. The molecule has 1 aromatic carbocycles. The van der Waals surface area contributed by atoms with Crippen molar-refractivity contribution in [2.45, 2.75) is 4.90 Å². The van der Waals surface area contributed by atoms with E-state index < -0.39 is 15.0 Å². The van der Waals surface area contributed by atoms with Crippen molar-refractivity contribution in [3.63, 3.8) is 0 Å². The van der Waals surface area contributed by atoms with Crippen LogP contribution in [0.4, 0.5) is 0 Å². The summed E-state index contributed by atoms with van der Waals surface area (Å²) >= 11 is 8.96. The van der Waals surface area contributed by atoms with E-state index in [1.54, 1.807) is 0 Å². The van der Waals surface area contributed by atoms with Crippen LogP contribution in [0.3, 0.4) is 0 Å². The van der Waals surface area contributed by atoms with Crippen molar-refractivity contribution >= 4 is 53.2 Å². The lowest BCUT2D eigenvalue weighted by molar-refractivity contribution is 0.0388. The molecule has 0 spiro atoms. The lowest BCUT2D eigenvalue weighted by atomic mass is 10.2. The summed E-state index contributed by atoms with van der Waals surface area (Å²) < 4.78 is 32.3. The van der Waals surface area contributed by atoms with E-state index in [2.05, 4.69) is 15.9 Å². The SMILES string of the molecule is COCCOC(=O)c1cc(S(=O)(=O)Cl)cc(Br)c1Cl. The molecule has 1 aromatic rings. The summed E-state index contributed by atoms with van der Waals surface area (Å²) in [6, 6.07) is 2.27. The van der Waals surface area contributed by atoms with Gasteiger partial charge in [-0.25, -0.2) is 13.2 Å². The Bertz CT molecular complexity index is 588. The zero-order valence-electron chi connectivity index (χ0n) is 9.65. The van der Waals surface area contributed by atoms with E-state index in [1.807, 2.05) is 0 Å². The fourth-order valence-corrected chi connectivity index (χ4v) is 2.73. The molecule has 0 heterocycles. The average Bonchev–Trinajstić information content (AvgIpc) is 2.31. The van der Waals surface area contributed by atoms with Crippen LogP contribution in [0.1, 0.15) is 10.4 Å². The highest BCUT2D eigenvalue weighted by molar-refractivity contribution is 9.10. The molecule has 0 aliphatic carbocycles. The van der Waals surface area contributed by atoms with Gasteiger partial charge in [0.05, 0.1) is 22.1 Å². The molecule has 0 unspecified atom stereocenters. The number of ether oxygens (including phenoxy) is 2. The third kappa shape index (κ3) is 4.61. The highest BCUT2D eigenvalue weighted by Gasteiger charge is 2.20. The maximum absolute atomic E-state index is 11.8. The van der Waals surface area contributed by atoms with Crippen LogP contribution in [0.5, 0.6) is 0 Å². The molecule has 0 saturated carbocycles. The van der Waals surface area contributed by atoms with Gasteiger partial charge in [0.25, 0.3) is 9.05 Å². The van der Waals surface area contributed by atoms with E-state index in [9.17, 15) is 13.2 Å². The van der Waals surface area contributed by atoms with Crippen LogP contribution < -0.4 is 0 Å². The van der Waals surface area contributed by atoms with Crippen LogP contribution in [0.2, 0.25) is 5.02 Å². The standard InChI is InChI=1S/C10H9BrCl2O5S/c1-17-2-3-18-10(14)7-4-6(19(13,15)16)5-8(11)9(7)12/h4-5H,2-3H2,1H3. The maximum Gasteiger partial charge on any atom is 0.339 e. The van der Waals surface area contributed by atoms with Gasteiger partial charge in [-0.1, -0.05) is 11.6 Å². The van der Waals surface area contributed by atoms with E-state index in [-0.39, 0.29) is 33.2 Å². The minimum atomic E-state index is -3.97. The Balaban J connectivity index is 3.13. The van der Waals surface area contributed by atoms with Crippen LogP contribution in [0.15, 0.2) is 21.5 Å².